The molecule has 1 N–H and O–H groups in total. The number of nitrogens with zero attached hydrogens (tertiary/aromatic N) is 1. The van der Waals surface area contributed by atoms with Gasteiger partial charge >= 0.3 is 5.97 Å². The zero-order chi connectivity index (χ0) is 24.1. The number of hydrazone groups is 1. The van der Waals surface area contributed by atoms with Gasteiger partial charge in [-0.2, -0.15) is 5.10 Å². The fourth-order valence-corrected chi connectivity index (χ4v) is 3.80. The average Bonchev–Trinajstić information content (AvgIpc) is 2.84. The van der Waals surface area contributed by atoms with E-state index >= 15 is 0 Å². The van der Waals surface area contributed by atoms with Crippen LogP contribution in [0.1, 0.15) is 26.3 Å². The minimum Gasteiger partial charge on any atom is -0.493 e. The third-order valence-corrected chi connectivity index (χ3v) is 5.50. The summed E-state index contributed by atoms with van der Waals surface area (Å²) in [6.07, 6.45) is 1.43. The van der Waals surface area contributed by atoms with E-state index in [1.807, 2.05) is 30.3 Å². The van der Waals surface area contributed by atoms with Gasteiger partial charge in [-0.05, 0) is 58.8 Å². The Kier molecular flexibility index (Phi) is 7.11. The van der Waals surface area contributed by atoms with Crippen LogP contribution in [-0.4, -0.2) is 25.2 Å². The molecule has 0 spiro atoms. The van der Waals surface area contributed by atoms with E-state index in [1.54, 1.807) is 36.4 Å². The molecule has 8 heteroatoms. The number of rotatable bonds is 6. The van der Waals surface area contributed by atoms with Crippen LogP contribution in [0, 0.1) is 0 Å². The maximum absolute atomic E-state index is 12.8. The molecule has 0 bridgehead atoms. The van der Waals surface area contributed by atoms with E-state index in [0.29, 0.717) is 21.9 Å². The number of nitrogens with one attached hydrogen (secondary N) is 1. The summed E-state index contributed by atoms with van der Waals surface area (Å²) in [5, 5.41) is 6.34. The first-order valence-electron chi connectivity index (χ1n) is 10.1. The number of carbonyl (C=O) groups excluding carboxylic acids is 2. The SMILES string of the molecule is COc1cc(/C=N\NC(=O)c2ccc(Cl)cc2Cl)ccc1OC(=O)c1cccc2ccccc12. The summed E-state index contributed by atoms with van der Waals surface area (Å²) >= 11 is 11.9. The van der Waals surface area contributed by atoms with Crippen molar-refractivity contribution < 1.29 is 19.1 Å². The summed E-state index contributed by atoms with van der Waals surface area (Å²) in [5.41, 5.74) is 3.72. The Labute approximate surface area is 205 Å². The van der Waals surface area contributed by atoms with E-state index in [4.69, 9.17) is 32.7 Å². The third kappa shape index (κ3) is 5.20. The quantitative estimate of drug-likeness (QED) is 0.152. The molecular formula is C26H18Cl2N2O4. The van der Waals surface area contributed by atoms with Gasteiger partial charge in [-0.25, -0.2) is 10.2 Å². The molecule has 0 saturated heterocycles. The van der Waals surface area contributed by atoms with Crippen LogP contribution < -0.4 is 14.9 Å². The van der Waals surface area contributed by atoms with E-state index in [0.717, 1.165) is 10.8 Å². The molecule has 0 fully saturated rings. The van der Waals surface area contributed by atoms with Crippen molar-refractivity contribution in [3.8, 4) is 11.5 Å². The molecule has 4 aromatic rings. The molecule has 0 aliphatic carbocycles. The predicted molar refractivity (Wildman–Crippen MR) is 133 cm³/mol. The Bertz CT molecular complexity index is 1410. The highest BCUT2D eigenvalue weighted by molar-refractivity contribution is 6.36. The van der Waals surface area contributed by atoms with E-state index in [1.165, 1.54) is 25.5 Å². The fourth-order valence-electron chi connectivity index (χ4n) is 3.31. The first kappa shape index (κ1) is 23.3. The second-order valence-electron chi connectivity index (χ2n) is 7.15. The molecule has 34 heavy (non-hydrogen) atoms. The molecule has 6 nitrogen and oxygen atoms in total. The zero-order valence-electron chi connectivity index (χ0n) is 17.9. The van der Waals surface area contributed by atoms with Gasteiger partial charge in [0.15, 0.2) is 11.5 Å². The highest BCUT2D eigenvalue weighted by atomic mass is 35.5. The lowest BCUT2D eigenvalue weighted by atomic mass is 10.0. The lowest BCUT2D eigenvalue weighted by Gasteiger charge is -2.11. The number of hydrogen-bond donors (Lipinski definition) is 1. The van der Waals surface area contributed by atoms with Gasteiger partial charge in [0.25, 0.3) is 5.91 Å². The van der Waals surface area contributed by atoms with E-state index in [2.05, 4.69) is 10.5 Å². The van der Waals surface area contributed by atoms with Gasteiger partial charge in [-0.1, -0.05) is 59.6 Å². The molecule has 0 aliphatic rings. The van der Waals surface area contributed by atoms with Crippen molar-refractivity contribution in [1.29, 1.82) is 0 Å². The van der Waals surface area contributed by atoms with Crippen molar-refractivity contribution >= 4 is 52.1 Å². The smallest absolute Gasteiger partial charge is 0.344 e. The molecule has 0 radical (unpaired) electrons. The van der Waals surface area contributed by atoms with Gasteiger partial charge in [0, 0.05) is 5.02 Å². The highest BCUT2D eigenvalue weighted by Crippen LogP contribution is 2.29. The van der Waals surface area contributed by atoms with Crippen molar-refractivity contribution in [3.63, 3.8) is 0 Å². The van der Waals surface area contributed by atoms with Crippen LogP contribution in [0.5, 0.6) is 11.5 Å². The van der Waals surface area contributed by atoms with Gasteiger partial charge in [0.1, 0.15) is 0 Å². The van der Waals surface area contributed by atoms with Crippen molar-refractivity contribution in [1.82, 2.24) is 5.43 Å². The van der Waals surface area contributed by atoms with Gasteiger partial charge in [-0.3, -0.25) is 4.79 Å². The summed E-state index contributed by atoms with van der Waals surface area (Å²) < 4.78 is 11.0. The predicted octanol–water partition coefficient (Wildman–Crippen LogP) is 6.14. The molecular weight excluding hydrogens is 475 g/mol. The highest BCUT2D eigenvalue weighted by Gasteiger charge is 2.15. The first-order chi connectivity index (χ1) is 16.5. The number of fused-ring (bicyclic) bond motifs is 1. The molecule has 0 aliphatic heterocycles. The number of halogens is 2. The van der Waals surface area contributed by atoms with Crippen molar-refractivity contribution in [2.75, 3.05) is 7.11 Å². The standard InChI is InChI=1S/C26H18Cl2N2O4/c1-33-24-13-16(15-29-30-25(31)21-11-10-18(27)14-22(21)28)9-12-23(24)34-26(32)20-8-4-6-17-5-2-3-7-19(17)20/h2-15H,1H3,(H,30,31)/b29-15-. The molecule has 0 atom stereocenters. The number of ether oxygens (including phenoxy) is 2. The first-order valence-corrected chi connectivity index (χ1v) is 10.9. The Hall–Kier alpha value is -3.87. The lowest BCUT2D eigenvalue weighted by molar-refractivity contribution is 0.0731. The monoisotopic (exact) mass is 492 g/mol. The number of methoxy groups -OCH3 is 1. The fraction of sp³-hybridized carbons (Fsp3) is 0.0385. The summed E-state index contributed by atoms with van der Waals surface area (Å²) in [7, 11) is 1.47. The molecule has 0 aromatic heterocycles. The molecule has 0 heterocycles. The number of amides is 1. The summed E-state index contributed by atoms with van der Waals surface area (Å²) in [5.74, 6) is -0.381. The van der Waals surface area contributed by atoms with Crippen molar-refractivity contribution in [3.05, 3.63) is 106 Å². The second kappa shape index (κ2) is 10.4. The van der Waals surface area contributed by atoms with Crippen molar-refractivity contribution in [2.24, 2.45) is 5.10 Å². The Morgan fingerprint density at radius 2 is 1.68 bits per heavy atom. The zero-order valence-corrected chi connectivity index (χ0v) is 19.4. The Balaban J connectivity index is 1.48. The average molecular weight is 493 g/mol. The van der Waals surface area contributed by atoms with Crippen LogP contribution in [0.15, 0.2) is 84.0 Å². The van der Waals surface area contributed by atoms with Crippen LogP contribution >= 0.6 is 23.2 Å². The van der Waals surface area contributed by atoms with Crippen LogP contribution in [0.2, 0.25) is 10.0 Å². The Morgan fingerprint density at radius 3 is 2.47 bits per heavy atom. The van der Waals surface area contributed by atoms with Crippen molar-refractivity contribution in [2.45, 2.75) is 0 Å². The summed E-state index contributed by atoms with van der Waals surface area (Å²) in [6.45, 7) is 0. The number of esters is 1. The molecule has 1 amide bonds. The van der Waals surface area contributed by atoms with E-state index in [9.17, 15) is 9.59 Å². The molecule has 4 aromatic carbocycles. The Morgan fingerprint density at radius 1 is 0.882 bits per heavy atom. The van der Waals surface area contributed by atoms with Gasteiger partial charge in [0.2, 0.25) is 0 Å². The number of benzene rings is 4. The lowest BCUT2D eigenvalue weighted by Crippen LogP contribution is -2.18. The summed E-state index contributed by atoms with van der Waals surface area (Å²) in [4.78, 5) is 25.1. The van der Waals surface area contributed by atoms with Crippen LogP contribution in [0.25, 0.3) is 10.8 Å². The number of carbonyl (C=O) groups is 2. The van der Waals surface area contributed by atoms with Crippen LogP contribution in [-0.2, 0) is 0 Å². The topological polar surface area (TPSA) is 77.0 Å². The van der Waals surface area contributed by atoms with Gasteiger partial charge < -0.3 is 9.47 Å². The molecule has 4 rings (SSSR count). The van der Waals surface area contributed by atoms with E-state index < -0.39 is 11.9 Å². The molecule has 0 unspecified atom stereocenters. The summed E-state index contributed by atoms with van der Waals surface area (Å²) in [6, 6.07) is 22.5. The second-order valence-corrected chi connectivity index (χ2v) is 7.99. The number of hydrogen-bond acceptors (Lipinski definition) is 5. The minimum atomic E-state index is -0.497. The third-order valence-electron chi connectivity index (χ3n) is 4.96. The molecule has 0 saturated carbocycles. The van der Waals surface area contributed by atoms with Crippen LogP contribution in [0.4, 0.5) is 0 Å². The normalized spacial score (nSPS) is 10.9. The van der Waals surface area contributed by atoms with Crippen LogP contribution in [0.3, 0.4) is 0 Å². The van der Waals surface area contributed by atoms with E-state index in [-0.39, 0.29) is 16.3 Å². The van der Waals surface area contributed by atoms with Gasteiger partial charge in [-0.15, -0.1) is 0 Å². The largest absolute Gasteiger partial charge is 0.493 e. The maximum atomic E-state index is 12.8. The minimum absolute atomic E-state index is 0.222. The molecule has 170 valence electrons. The maximum Gasteiger partial charge on any atom is 0.344 e. The van der Waals surface area contributed by atoms with Gasteiger partial charge in [0.05, 0.1) is 29.5 Å².